The van der Waals surface area contributed by atoms with Crippen LogP contribution in [0.15, 0.2) is 53.4 Å². The smallest absolute Gasteiger partial charge is 0.308 e. The lowest BCUT2D eigenvalue weighted by Gasteiger charge is -2.27. The molecule has 1 unspecified atom stereocenters. The summed E-state index contributed by atoms with van der Waals surface area (Å²) in [7, 11) is -7.72. The average Bonchev–Trinajstić information content (AvgIpc) is 2.61. The summed E-state index contributed by atoms with van der Waals surface area (Å²) in [6.07, 6.45) is 0. The molecule has 8 heteroatoms. The Kier molecular flexibility index (Phi) is 7.37. The van der Waals surface area contributed by atoms with E-state index in [1.807, 2.05) is 26.0 Å². The Hall–Kier alpha value is -1.50. The Bertz CT molecular complexity index is 885. The molecule has 0 aliphatic rings. The second-order valence-corrected chi connectivity index (χ2v) is 9.95. The Morgan fingerprint density at radius 3 is 1.78 bits per heavy atom. The molecule has 0 radical (unpaired) electrons. The first-order valence-corrected chi connectivity index (χ1v) is 11.9. The number of aryl methyl sites for hydroxylation is 2. The van der Waals surface area contributed by atoms with Crippen LogP contribution < -0.4 is 4.72 Å². The minimum atomic E-state index is -3.94. The van der Waals surface area contributed by atoms with Crippen molar-refractivity contribution in [3.8, 4) is 0 Å². The van der Waals surface area contributed by atoms with E-state index in [1.165, 1.54) is 12.1 Å². The van der Waals surface area contributed by atoms with Crippen LogP contribution in [-0.2, 0) is 23.6 Å². The molecule has 2 aromatic carbocycles. The molecule has 2 rings (SSSR count). The summed E-state index contributed by atoms with van der Waals surface area (Å²) >= 11 is 0. The molecule has 1 atom stereocenters. The van der Waals surface area contributed by atoms with E-state index in [9.17, 15) is 13.0 Å². The van der Waals surface area contributed by atoms with E-state index in [1.54, 1.807) is 38.1 Å². The lowest BCUT2D eigenvalue weighted by Crippen LogP contribution is -2.30. The molecule has 0 heterocycles. The fraction of sp³-hybridized carbons (Fsp3) is 0.368. The maximum absolute atomic E-state index is 13.4. The van der Waals surface area contributed by atoms with Gasteiger partial charge in [0.05, 0.1) is 18.1 Å². The summed E-state index contributed by atoms with van der Waals surface area (Å²) in [6, 6.07) is 13.5. The summed E-state index contributed by atoms with van der Waals surface area (Å²) in [6.45, 7) is 7.42. The fourth-order valence-electron chi connectivity index (χ4n) is 2.54. The molecular formula is C19H26NO5PS. The van der Waals surface area contributed by atoms with Gasteiger partial charge in [0.25, 0.3) is 0 Å². The molecule has 0 amide bonds. The third kappa shape index (κ3) is 5.50. The molecule has 1 N–H and O–H groups in total. The van der Waals surface area contributed by atoms with Crippen LogP contribution in [0.25, 0.3) is 0 Å². The first-order valence-electron chi connectivity index (χ1n) is 8.76. The van der Waals surface area contributed by atoms with Gasteiger partial charge in [0.1, 0.15) is 5.78 Å². The third-order valence-electron chi connectivity index (χ3n) is 3.93. The van der Waals surface area contributed by atoms with Crippen LogP contribution in [-0.4, -0.2) is 21.6 Å². The first-order chi connectivity index (χ1) is 12.7. The van der Waals surface area contributed by atoms with Crippen LogP contribution >= 0.6 is 7.60 Å². The van der Waals surface area contributed by atoms with Crippen molar-refractivity contribution in [2.24, 2.45) is 0 Å². The van der Waals surface area contributed by atoms with Gasteiger partial charge < -0.3 is 9.05 Å². The van der Waals surface area contributed by atoms with Gasteiger partial charge in [-0.15, -0.1) is 0 Å². The lowest BCUT2D eigenvalue weighted by atomic mass is 10.1. The van der Waals surface area contributed by atoms with Crippen LogP contribution in [0.3, 0.4) is 0 Å². The van der Waals surface area contributed by atoms with Crippen molar-refractivity contribution in [1.82, 2.24) is 4.72 Å². The van der Waals surface area contributed by atoms with Gasteiger partial charge >= 0.3 is 7.60 Å². The zero-order valence-corrected chi connectivity index (χ0v) is 17.7. The van der Waals surface area contributed by atoms with E-state index in [2.05, 4.69) is 4.72 Å². The maximum atomic E-state index is 13.4. The van der Waals surface area contributed by atoms with Crippen molar-refractivity contribution in [2.45, 2.75) is 38.4 Å². The number of hydrogen-bond acceptors (Lipinski definition) is 5. The van der Waals surface area contributed by atoms with E-state index in [4.69, 9.17) is 9.05 Å². The van der Waals surface area contributed by atoms with Crippen molar-refractivity contribution < 1.29 is 22.0 Å². The molecule has 0 spiro atoms. The van der Waals surface area contributed by atoms with Crippen LogP contribution in [0.2, 0.25) is 0 Å². The molecule has 0 saturated carbocycles. The van der Waals surface area contributed by atoms with Crippen molar-refractivity contribution >= 4 is 17.6 Å². The van der Waals surface area contributed by atoms with Gasteiger partial charge in [0, 0.05) is 0 Å². The zero-order valence-electron chi connectivity index (χ0n) is 16.0. The standard InChI is InChI=1S/C19H26NO5PS/c1-5-24-26(21,25-6-2)19(17-11-7-15(3)8-12-17)20-27(22,23)18-13-9-16(4)10-14-18/h7-14,19-20H,5-6H2,1-4H3. The number of hydrogen-bond donors (Lipinski definition) is 1. The van der Waals surface area contributed by atoms with E-state index < -0.39 is 23.4 Å². The zero-order chi connectivity index (χ0) is 20.1. The topological polar surface area (TPSA) is 81.7 Å². The van der Waals surface area contributed by atoms with E-state index in [0.29, 0.717) is 5.56 Å². The van der Waals surface area contributed by atoms with Crippen LogP contribution in [0.5, 0.6) is 0 Å². The highest BCUT2D eigenvalue weighted by atomic mass is 32.2. The van der Waals surface area contributed by atoms with Crippen molar-refractivity contribution in [1.29, 1.82) is 0 Å². The average molecular weight is 411 g/mol. The van der Waals surface area contributed by atoms with Gasteiger partial charge in [-0.1, -0.05) is 47.5 Å². The molecule has 2 aromatic rings. The van der Waals surface area contributed by atoms with Gasteiger partial charge in [-0.05, 0) is 45.4 Å². The summed E-state index contributed by atoms with van der Waals surface area (Å²) < 4.78 is 52.6. The SMILES string of the molecule is CCOP(=O)(OCC)C(NS(=O)(=O)c1ccc(C)cc1)c1ccc(C)cc1. The minimum Gasteiger partial charge on any atom is -0.308 e. The van der Waals surface area contributed by atoms with E-state index in [-0.39, 0.29) is 18.1 Å². The highest BCUT2D eigenvalue weighted by Crippen LogP contribution is 2.60. The van der Waals surface area contributed by atoms with E-state index >= 15 is 0 Å². The monoisotopic (exact) mass is 411 g/mol. The lowest BCUT2D eigenvalue weighted by molar-refractivity contribution is 0.210. The van der Waals surface area contributed by atoms with Gasteiger partial charge in [0.2, 0.25) is 10.0 Å². The quantitative estimate of drug-likeness (QED) is 0.613. The number of benzene rings is 2. The van der Waals surface area contributed by atoms with E-state index in [0.717, 1.165) is 11.1 Å². The predicted octanol–water partition coefficient (Wildman–Crippen LogP) is 4.55. The molecule has 0 fully saturated rings. The minimum absolute atomic E-state index is 0.0877. The highest BCUT2D eigenvalue weighted by molar-refractivity contribution is 7.89. The Labute approximate surface area is 161 Å². The molecular weight excluding hydrogens is 385 g/mol. The van der Waals surface area contributed by atoms with Crippen molar-refractivity contribution in [2.75, 3.05) is 13.2 Å². The second-order valence-electron chi connectivity index (χ2n) is 6.12. The van der Waals surface area contributed by atoms with Crippen molar-refractivity contribution in [3.63, 3.8) is 0 Å². The Morgan fingerprint density at radius 1 is 0.889 bits per heavy atom. The third-order valence-corrected chi connectivity index (χ3v) is 7.83. The van der Waals surface area contributed by atoms with Crippen molar-refractivity contribution in [3.05, 3.63) is 65.2 Å². The molecule has 0 aliphatic heterocycles. The summed E-state index contributed by atoms with van der Waals surface area (Å²) in [5.41, 5.74) is 2.46. The molecule has 148 valence electrons. The van der Waals surface area contributed by atoms with Crippen LogP contribution in [0.4, 0.5) is 0 Å². The molecule has 6 nitrogen and oxygen atoms in total. The number of rotatable bonds is 9. The molecule has 27 heavy (non-hydrogen) atoms. The van der Waals surface area contributed by atoms with Gasteiger partial charge in [0.15, 0.2) is 0 Å². The molecule has 0 bridgehead atoms. The number of sulfonamides is 1. The summed E-state index contributed by atoms with van der Waals surface area (Å²) in [4.78, 5) is 0.0877. The highest BCUT2D eigenvalue weighted by Gasteiger charge is 2.40. The Morgan fingerprint density at radius 2 is 1.33 bits per heavy atom. The molecule has 0 saturated heterocycles. The van der Waals surface area contributed by atoms with Gasteiger partial charge in [-0.2, -0.15) is 4.72 Å². The normalized spacial score (nSPS) is 13.5. The Balaban J connectivity index is 2.50. The van der Waals surface area contributed by atoms with Gasteiger partial charge in [-0.3, -0.25) is 4.57 Å². The van der Waals surface area contributed by atoms with Crippen LogP contribution in [0, 0.1) is 13.8 Å². The maximum Gasteiger partial charge on any atom is 0.352 e. The molecule has 0 aliphatic carbocycles. The van der Waals surface area contributed by atoms with Gasteiger partial charge in [-0.25, -0.2) is 8.42 Å². The predicted molar refractivity (Wildman–Crippen MR) is 106 cm³/mol. The van der Waals surface area contributed by atoms with Crippen LogP contribution in [0.1, 0.15) is 36.3 Å². The summed E-state index contributed by atoms with van der Waals surface area (Å²) in [5.74, 6) is -1.15. The summed E-state index contributed by atoms with van der Waals surface area (Å²) in [5, 5.41) is 0. The second kappa shape index (κ2) is 9.13. The molecule has 0 aromatic heterocycles. The fourth-order valence-corrected chi connectivity index (χ4v) is 6.17. The number of nitrogens with one attached hydrogen (secondary N) is 1. The largest absolute Gasteiger partial charge is 0.352 e. The first kappa shape index (κ1) is 21.8.